The molecule has 21 heavy (non-hydrogen) atoms. The number of anilines is 1. The van der Waals surface area contributed by atoms with Crippen molar-refractivity contribution < 1.29 is 4.79 Å². The van der Waals surface area contributed by atoms with Crippen molar-refractivity contribution in [3.63, 3.8) is 0 Å². The average Bonchev–Trinajstić information content (AvgIpc) is 2.74. The molecule has 2 N–H and O–H groups in total. The van der Waals surface area contributed by atoms with Crippen LogP contribution in [0.5, 0.6) is 0 Å². The van der Waals surface area contributed by atoms with Crippen LogP contribution in [0.4, 0.5) is 5.69 Å². The number of hydrogen-bond donors (Lipinski definition) is 1. The molecule has 4 heteroatoms. The first-order valence-electron chi connectivity index (χ1n) is 7.68. The molecule has 3 rings (SSSR count). The number of carbonyl (C=O) groups is 1. The van der Waals surface area contributed by atoms with E-state index in [1.165, 1.54) is 36.2 Å². The maximum Gasteiger partial charge on any atom is 0.266 e. The van der Waals surface area contributed by atoms with Crippen LogP contribution in [0, 0.1) is 12.8 Å². The molecule has 3 nitrogen and oxygen atoms in total. The number of nitrogens with zero attached hydrogens (tertiary/aromatic N) is 1. The number of carbonyl (C=O) groups excluding carboxylic acids is 1. The zero-order valence-corrected chi connectivity index (χ0v) is 13.5. The molecule has 0 atom stereocenters. The zero-order valence-electron chi connectivity index (χ0n) is 12.7. The molecule has 0 bridgehead atoms. The fraction of sp³-hybridized carbons (Fsp3) is 0.471. The summed E-state index contributed by atoms with van der Waals surface area (Å²) < 4.78 is 1.10. The smallest absolute Gasteiger partial charge is 0.266 e. The summed E-state index contributed by atoms with van der Waals surface area (Å²) in [6.45, 7) is 5.72. The summed E-state index contributed by atoms with van der Waals surface area (Å²) in [6, 6.07) is 6.20. The van der Waals surface area contributed by atoms with E-state index in [-0.39, 0.29) is 5.91 Å². The molecule has 1 heterocycles. The number of thiophene rings is 1. The van der Waals surface area contributed by atoms with Gasteiger partial charge >= 0.3 is 0 Å². The summed E-state index contributed by atoms with van der Waals surface area (Å²) in [5.74, 6) is 0.785. The molecule has 1 saturated carbocycles. The molecule has 1 aliphatic rings. The minimum absolute atomic E-state index is 0.0979. The number of nitrogens with two attached hydrogens (primary N) is 1. The third-order valence-corrected chi connectivity index (χ3v) is 5.62. The largest absolute Gasteiger partial charge is 0.397 e. The number of hydrogen-bond acceptors (Lipinski definition) is 3. The van der Waals surface area contributed by atoms with Crippen LogP contribution >= 0.6 is 11.3 Å². The quantitative estimate of drug-likeness (QED) is 0.926. The molecule has 0 spiro atoms. The van der Waals surface area contributed by atoms with E-state index in [4.69, 9.17) is 5.73 Å². The fourth-order valence-electron chi connectivity index (χ4n) is 2.88. The maximum atomic E-state index is 12.8. The zero-order chi connectivity index (χ0) is 15.0. The Kier molecular flexibility index (Phi) is 3.89. The van der Waals surface area contributed by atoms with Gasteiger partial charge in [-0.05, 0) is 44.7 Å². The Hall–Kier alpha value is -1.55. The monoisotopic (exact) mass is 302 g/mol. The Morgan fingerprint density at radius 3 is 2.81 bits per heavy atom. The van der Waals surface area contributed by atoms with E-state index in [1.807, 2.05) is 18.7 Å². The predicted molar refractivity (Wildman–Crippen MR) is 89.9 cm³/mol. The first-order chi connectivity index (χ1) is 10.1. The van der Waals surface area contributed by atoms with Crippen LogP contribution in [0.3, 0.4) is 0 Å². The fourth-order valence-corrected chi connectivity index (χ4v) is 3.95. The summed E-state index contributed by atoms with van der Waals surface area (Å²) in [7, 11) is 0. The molecular weight excluding hydrogens is 280 g/mol. The van der Waals surface area contributed by atoms with Gasteiger partial charge in [0, 0.05) is 23.2 Å². The van der Waals surface area contributed by atoms with Gasteiger partial charge in [-0.15, -0.1) is 11.3 Å². The van der Waals surface area contributed by atoms with Gasteiger partial charge in [-0.25, -0.2) is 0 Å². The Morgan fingerprint density at radius 2 is 2.19 bits per heavy atom. The topological polar surface area (TPSA) is 46.3 Å². The van der Waals surface area contributed by atoms with Gasteiger partial charge in [0.2, 0.25) is 0 Å². The van der Waals surface area contributed by atoms with E-state index in [9.17, 15) is 4.79 Å². The lowest BCUT2D eigenvalue weighted by molar-refractivity contribution is 0.0712. The highest BCUT2D eigenvalue weighted by atomic mass is 32.1. The van der Waals surface area contributed by atoms with Crippen molar-refractivity contribution in [2.45, 2.75) is 33.1 Å². The van der Waals surface area contributed by atoms with Crippen molar-refractivity contribution >= 4 is 33.0 Å². The normalized spacial score (nSPS) is 15.1. The number of nitrogen functional groups attached to an aromatic ring is 1. The van der Waals surface area contributed by atoms with Crippen LogP contribution < -0.4 is 5.73 Å². The van der Waals surface area contributed by atoms with Crippen molar-refractivity contribution in [1.82, 2.24) is 4.90 Å². The summed E-state index contributed by atoms with van der Waals surface area (Å²) in [4.78, 5) is 15.4. The second-order valence-corrected chi connectivity index (χ2v) is 7.04. The molecule has 0 saturated heterocycles. The number of amides is 1. The average molecular weight is 302 g/mol. The van der Waals surface area contributed by atoms with Crippen molar-refractivity contribution in [2.24, 2.45) is 5.92 Å². The molecule has 1 aliphatic carbocycles. The molecule has 1 aromatic carbocycles. The number of aryl methyl sites for hydroxylation is 1. The van der Waals surface area contributed by atoms with E-state index in [2.05, 4.69) is 18.2 Å². The summed E-state index contributed by atoms with van der Waals surface area (Å²) in [5, 5.41) is 1.02. The summed E-state index contributed by atoms with van der Waals surface area (Å²) in [6.07, 6.45) is 3.82. The van der Waals surface area contributed by atoms with Gasteiger partial charge < -0.3 is 10.6 Å². The van der Waals surface area contributed by atoms with Crippen LogP contribution in [0.15, 0.2) is 18.2 Å². The SMILES string of the molecule is CCN(CC1CCC1)C(=O)c1sc2ccc(C)cc2c1N. The number of fused-ring (bicyclic) bond motifs is 1. The molecule has 1 aromatic heterocycles. The van der Waals surface area contributed by atoms with Crippen LogP contribution in [0.1, 0.15) is 41.4 Å². The number of rotatable bonds is 4. The van der Waals surface area contributed by atoms with Gasteiger partial charge in [-0.3, -0.25) is 4.79 Å². The van der Waals surface area contributed by atoms with Gasteiger partial charge in [0.25, 0.3) is 5.91 Å². The Balaban J connectivity index is 1.90. The van der Waals surface area contributed by atoms with Crippen LogP contribution in [0.2, 0.25) is 0 Å². The van der Waals surface area contributed by atoms with E-state index < -0.39 is 0 Å². The van der Waals surface area contributed by atoms with E-state index >= 15 is 0 Å². The highest BCUT2D eigenvalue weighted by molar-refractivity contribution is 7.21. The third-order valence-electron chi connectivity index (χ3n) is 4.45. The highest BCUT2D eigenvalue weighted by Gasteiger charge is 2.26. The molecular formula is C17H22N2OS. The Morgan fingerprint density at radius 1 is 1.43 bits per heavy atom. The minimum atomic E-state index is 0.0979. The lowest BCUT2D eigenvalue weighted by atomic mass is 9.85. The summed E-state index contributed by atoms with van der Waals surface area (Å²) in [5.41, 5.74) is 8.06. The van der Waals surface area contributed by atoms with Gasteiger partial charge in [0.1, 0.15) is 4.88 Å². The van der Waals surface area contributed by atoms with Crippen molar-refractivity contribution in [2.75, 3.05) is 18.8 Å². The standard InChI is InChI=1S/C17H22N2OS/c1-3-19(10-12-5-4-6-12)17(20)16-15(18)13-9-11(2)7-8-14(13)21-16/h7-9,12H,3-6,10,18H2,1-2H3. The molecule has 0 aliphatic heterocycles. The predicted octanol–water partition coefficient (Wildman–Crippen LogP) is 4.05. The molecule has 0 unspecified atom stereocenters. The molecule has 112 valence electrons. The molecule has 0 radical (unpaired) electrons. The van der Waals surface area contributed by atoms with Crippen molar-refractivity contribution in [3.05, 3.63) is 28.6 Å². The van der Waals surface area contributed by atoms with Gasteiger partial charge in [-0.1, -0.05) is 18.1 Å². The van der Waals surface area contributed by atoms with E-state index in [0.717, 1.165) is 23.2 Å². The van der Waals surface area contributed by atoms with Crippen molar-refractivity contribution in [1.29, 1.82) is 0 Å². The van der Waals surface area contributed by atoms with E-state index in [1.54, 1.807) is 0 Å². The molecule has 1 amide bonds. The second kappa shape index (κ2) is 5.68. The lowest BCUT2D eigenvalue weighted by Crippen LogP contribution is -2.37. The minimum Gasteiger partial charge on any atom is -0.397 e. The lowest BCUT2D eigenvalue weighted by Gasteiger charge is -2.31. The molecule has 1 fully saturated rings. The summed E-state index contributed by atoms with van der Waals surface area (Å²) >= 11 is 1.52. The van der Waals surface area contributed by atoms with Gasteiger partial charge in [0.15, 0.2) is 0 Å². The van der Waals surface area contributed by atoms with Crippen LogP contribution in [-0.4, -0.2) is 23.9 Å². The first kappa shape index (κ1) is 14.4. The van der Waals surface area contributed by atoms with Crippen LogP contribution in [-0.2, 0) is 0 Å². The van der Waals surface area contributed by atoms with Crippen LogP contribution in [0.25, 0.3) is 10.1 Å². The molecule has 2 aromatic rings. The van der Waals surface area contributed by atoms with Gasteiger partial charge in [-0.2, -0.15) is 0 Å². The maximum absolute atomic E-state index is 12.8. The highest BCUT2D eigenvalue weighted by Crippen LogP contribution is 2.35. The van der Waals surface area contributed by atoms with Gasteiger partial charge in [0.05, 0.1) is 5.69 Å². The van der Waals surface area contributed by atoms with E-state index in [0.29, 0.717) is 16.5 Å². The Bertz CT molecular complexity index is 673. The first-order valence-corrected chi connectivity index (χ1v) is 8.49. The Labute approximate surface area is 129 Å². The second-order valence-electron chi connectivity index (χ2n) is 5.99. The number of benzene rings is 1. The van der Waals surface area contributed by atoms with Crippen molar-refractivity contribution in [3.8, 4) is 0 Å². The third kappa shape index (κ3) is 2.64.